The molecule has 1 amide bonds. The molecule has 0 bridgehead atoms. The van der Waals surface area contributed by atoms with E-state index >= 15 is 0 Å². The van der Waals surface area contributed by atoms with Crippen LogP contribution in [0.1, 0.15) is 12.7 Å². The van der Waals surface area contributed by atoms with Crippen molar-refractivity contribution in [2.75, 3.05) is 7.05 Å². The van der Waals surface area contributed by atoms with Crippen molar-refractivity contribution in [1.82, 2.24) is 14.5 Å². The summed E-state index contributed by atoms with van der Waals surface area (Å²) in [6.45, 7) is 2.15. The largest absolute Gasteiger partial charge is 0.480 e. The molecule has 0 aliphatic carbocycles. The molecule has 7 heteroatoms. The lowest BCUT2D eigenvalue weighted by Crippen LogP contribution is -2.38. The third-order valence-electron chi connectivity index (χ3n) is 3.22. The molecule has 1 aromatic carbocycles. The Morgan fingerprint density at radius 1 is 1.55 bits per heavy atom. The van der Waals surface area contributed by atoms with Gasteiger partial charge in [0.15, 0.2) is 6.10 Å². The number of hydrogen-bond acceptors (Lipinski definition) is 3. The predicted octanol–water partition coefficient (Wildman–Crippen LogP) is 3.26. The first-order valence-corrected chi connectivity index (χ1v) is 7.88. The van der Waals surface area contributed by atoms with Gasteiger partial charge in [-0.3, -0.25) is 4.79 Å². The molecular weight excluding hydrogens is 370 g/mol. The van der Waals surface area contributed by atoms with Crippen LogP contribution in [0.15, 0.2) is 35.1 Å². The number of benzene rings is 1. The number of imidazole rings is 1. The Morgan fingerprint density at radius 3 is 2.86 bits per heavy atom. The van der Waals surface area contributed by atoms with Gasteiger partial charge >= 0.3 is 0 Å². The van der Waals surface area contributed by atoms with E-state index in [1.165, 1.54) is 0 Å². The topological polar surface area (TPSA) is 47.4 Å². The van der Waals surface area contributed by atoms with Crippen molar-refractivity contribution >= 4 is 33.4 Å². The molecule has 1 aromatic heterocycles. The monoisotopic (exact) mass is 385 g/mol. The number of carbonyl (C=O) groups excluding carboxylic acids is 1. The standard InChI is InChI=1S/C15H17BrClN3O2/c1-10(22-13-5-4-11(17)8-12(13)16)15(21)20(3)9-14-18-6-7-19(14)2/h4-8,10H,9H2,1-3H3/t10-/m0/s1. The number of rotatable bonds is 5. The molecule has 0 spiro atoms. The van der Waals surface area contributed by atoms with Gasteiger partial charge in [0.1, 0.15) is 11.6 Å². The molecule has 0 aliphatic heterocycles. The van der Waals surface area contributed by atoms with Crippen molar-refractivity contribution in [1.29, 1.82) is 0 Å². The van der Waals surface area contributed by atoms with E-state index in [4.69, 9.17) is 16.3 Å². The van der Waals surface area contributed by atoms with Crippen LogP contribution < -0.4 is 4.74 Å². The van der Waals surface area contributed by atoms with E-state index in [9.17, 15) is 4.79 Å². The fraction of sp³-hybridized carbons (Fsp3) is 0.333. The molecule has 22 heavy (non-hydrogen) atoms. The minimum atomic E-state index is -0.609. The van der Waals surface area contributed by atoms with Gasteiger partial charge in [0, 0.05) is 31.5 Å². The van der Waals surface area contributed by atoms with E-state index in [0.717, 1.165) is 5.82 Å². The first kappa shape index (κ1) is 16.8. The third kappa shape index (κ3) is 4.01. The van der Waals surface area contributed by atoms with Crippen LogP contribution in [0.5, 0.6) is 5.75 Å². The highest BCUT2D eigenvalue weighted by atomic mass is 79.9. The number of carbonyl (C=O) groups is 1. The molecule has 5 nitrogen and oxygen atoms in total. The second-order valence-electron chi connectivity index (χ2n) is 4.98. The number of halogens is 2. The van der Waals surface area contributed by atoms with Crippen LogP contribution in [0.4, 0.5) is 0 Å². The van der Waals surface area contributed by atoms with Crippen molar-refractivity contribution in [2.45, 2.75) is 19.6 Å². The summed E-state index contributed by atoms with van der Waals surface area (Å²) in [4.78, 5) is 18.2. The van der Waals surface area contributed by atoms with Crippen LogP contribution in [-0.2, 0) is 18.4 Å². The maximum absolute atomic E-state index is 12.4. The summed E-state index contributed by atoms with van der Waals surface area (Å²) in [6.07, 6.45) is 2.94. The highest BCUT2D eigenvalue weighted by Gasteiger charge is 2.21. The van der Waals surface area contributed by atoms with Gasteiger partial charge in [0.2, 0.25) is 0 Å². The maximum Gasteiger partial charge on any atom is 0.263 e. The second kappa shape index (κ2) is 7.15. The Hall–Kier alpha value is -1.53. The minimum absolute atomic E-state index is 0.121. The molecule has 0 aliphatic rings. The van der Waals surface area contributed by atoms with E-state index in [1.807, 2.05) is 17.8 Å². The SMILES string of the molecule is C[C@H](Oc1ccc(Cl)cc1Br)C(=O)N(C)Cc1nccn1C. The van der Waals surface area contributed by atoms with Crippen LogP contribution in [0, 0.1) is 0 Å². The number of likely N-dealkylation sites (N-methyl/N-ethyl adjacent to an activating group) is 1. The normalized spacial score (nSPS) is 12.0. The molecule has 0 N–H and O–H groups in total. The Morgan fingerprint density at radius 2 is 2.27 bits per heavy atom. The van der Waals surface area contributed by atoms with Gasteiger partial charge in [-0.1, -0.05) is 11.6 Å². The lowest BCUT2D eigenvalue weighted by Gasteiger charge is -2.22. The summed E-state index contributed by atoms with van der Waals surface area (Å²) in [5.41, 5.74) is 0. The Labute approximate surface area is 143 Å². The van der Waals surface area contributed by atoms with Gasteiger partial charge in [-0.15, -0.1) is 0 Å². The van der Waals surface area contributed by atoms with Crippen molar-refractivity contribution in [3.63, 3.8) is 0 Å². The number of aryl methyl sites for hydroxylation is 1. The number of amides is 1. The van der Waals surface area contributed by atoms with Crippen LogP contribution in [0.25, 0.3) is 0 Å². The molecule has 0 unspecified atom stereocenters. The second-order valence-corrected chi connectivity index (χ2v) is 6.27. The molecule has 1 atom stereocenters. The summed E-state index contributed by atoms with van der Waals surface area (Å²) in [6, 6.07) is 5.18. The zero-order valence-electron chi connectivity index (χ0n) is 12.6. The maximum atomic E-state index is 12.4. The first-order valence-electron chi connectivity index (χ1n) is 6.71. The third-order valence-corrected chi connectivity index (χ3v) is 4.08. The van der Waals surface area contributed by atoms with Gasteiger partial charge in [-0.05, 0) is 41.1 Å². The van der Waals surface area contributed by atoms with Gasteiger partial charge < -0.3 is 14.2 Å². The number of ether oxygens (including phenoxy) is 1. The number of nitrogens with zero attached hydrogens (tertiary/aromatic N) is 3. The van der Waals surface area contributed by atoms with Crippen LogP contribution in [0.3, 0.4) is 0 Å². The lowest BCUT2D eigenvalue weighted by atomic mass is 10.3. The molecule has 0 radical (unpaired) electrons. The molecule has 118 valence electrons. The van der Waals surface area contributed by atoms with Crippen LogP contribution in [0.2, 0.25) is 5.02 Å². The summed E-state index contributed by atoms with van der Waals surface area (Å²) < 4.78 is 8.30. The molecule has 0 fully saturated rings. The molecule has 0 saturated heterocycles. The highest BCUT2D eigenvalue weighted by Crippen LogP contribution is 2.28. The van der Waals surface area contributed by atoms with E-state index < -0.39 is 6.10 Å². The highest BCUT2D eigenvalue weighted by molar-refractivity contribution is 9.10. The Bertz CT molecular complexity index is 675. The van der Waals surface area contributed by atoms with E-state index in [2.05, 4.69) is 20.9 Å². The lowest BCUT2D eigenvalue weighted by molar-refractivity contribution is -0.137. The first-order chi connectivity index (χ1) is 10.4. The summed E-state index contributed by atoms with van der Waals surface area (Å²) >= 11 is 9.26. The minimum Gasteiger partial charge on any atom is -0.480 e. The molecule has 0 saturated carbocycles. The Kier molecular flexibility index (Phi) is 5.47. The van der Waals surface area contributed by atoms with E-state index in [1.54, 1.807) is 43.3 Å². The van der Waals surface area contributed by atoms with Crippen molar-refractivity contribution in [2.24, 2.45) is 7.05 Å². The van der Waals surface area contributed by atoms with Crippen molar-refractivity contribution in [3.05, 3.63) is 45.9 Å². The van der Waals surface area contributed by atoms with Gasteiger partial charge in [-0.25, -0.2) is 4.98 Å². The number of aromatic nitrogens is 2. The molecule has 2 aromatic rings. The smallest absolute Gasteiger partial charge is 0.263 e. The molecule has 2 rings (SSSR count). The van der Waals surface area contributed by atoms with Crippen molar-refractivity contribution in [3.8, 4) is 5.75 Å². The average molecular weight is 387 g/mol. The quantitative estimate of drug-likeness (QED) is 0.792. The summed E-state index contributed by atoms with van der Waals surface area (Å²) in [5, 5.41) is 0.602. The summed E-state index contributed by atoms with van der Waals surface area (Å²) in [7, 11) is 3.62. The predicted molar refractivity (Wildman–Crippen MR) is 88.9 cm³/mol. The van der Waals surface area contributed by atoms with Crippen LogP contribution in [-0.4, -0.2) is 33.5 Å². The van der Waals surface area contributed by atoms with Crippen molar-refractivity contribution < 1.29 is 9.53 Å². The fourth-order valence-electron chi connectivity index (χ4n) is 1.96. The fourth-order valence-corrected chi connectivity index (χ4v) is 2.74. The molecule has 1 heterocycles. The molecular formula is C15H17BrClN3O2. The summed E-state index contributed by atoms with van der Waals surface area (Å²) in [5.74, 6) is 1.27. The zero-order chi connectivity index (χ0) is 16.3. The van der Waals surface area contributed by atoms with Gasteiger partial charge in [0.05, 0.1) is 11.0 Å². The van der Waals surface area contributed by atoms with Gasteiger partial charge in [0.25, 0.3) is 5.91 Å². The Balaban J connectivity index is 2.00. The van der Waals surface area contributed by atoms with E-state index in [-0.39, 0.29) is 5.91 Å². The number of hydrogen-bond donors (Lipinski definition) is 0. The average Bonchev–Trinajstić information content (AvgIpc) is 2.86. The zero-order valence-corrected chi connectivity index (χ0v) is 14.9. The van der Waals surface area contributed by atoms with Gasteiger partial charge in [-0.2, -0.15) is 0 Å². The van der Waals surface area contributed by atoms with E-state index in [0.29, 0.717) is 21.8 Å². The van der Waals surface area contributed by atoms with Crippen LogP contribution >= 0.6 is 27.5 Å².